The van der Waals surface area contributed by atoms with Gasteiger partial charge in [-0.05, 0) is 42.5 Å². The minimum Gasteiger partial charge on any atom is -0.350 e. The zero-order chi connectivity index (χ0) is 13.3. The molecule has 0 aliphatic carbocycles. The van der Waals surface area contributed by atoms with Gasteiger partial charge in [0.25, 0.3) is 0 Å². The smallest absolute Gasteiger partial charge is 0.220 e. The zero-order valence-corrected chi connectivity index (χ0v) is 11.4. The summed E-state index contributed by atoms with van der Waals surface area (Å²) in [6, 6.07) is 4.54. The van der Waals surface area contributed by atoms with E-state index in [1.165, 1.54) is 12.1 Å². The Morgan fingerprint density at radius 2 is 2.17 bits per heavy atom. The van der Waals surface area contributed by atoms with E-state index in [1.807, 2.05) is 0 Å². The molecule has 0 saturated carbocycles. The van der Waals surface area contributed by atoms with Crippen LogP contribution >= 0.6 is 11.6 Å². The van der Waals surface area contributed by atoms with Gasteiger partial charge in [-0.3, -0.25) is 4.79 Å². The number of hydrogen-bond acceptors (Lipinski definition) is 1. The van der Waals surface area contributed by atoms with Crippen LogP contribution in [0.1, 0.15) is 32.3 Å². The molecule has 1 heterocycles. The van der Waals surface area contributed by atoms with Crippen molar-refractivity contribution < 1.29 is 9.18 Å². The first-order valence-corrected chi connectivity index (χ1v) is 6.55. The van der Waals surface area contributed by atoms with Crippen molar-refractivity contribution in [2.75, 3.05) is 0 Å². The van der Waals surface area contributed by atoms with Gasteiger partial charge in [-0.25, -0.2) is 4.39 Å². The molecule has 2 nitrogen and oxygen atoms in total. The standard InChI is InChI=1S/C14H17ClFNO/c1-9(2)14(4-3-13(18)17-14)8-10-5-11(15)7-12(16)6-10/h5-7,9H,3-4,8H2,1-2H3,(H,17,18). The Kier molecular flexibility index (Phi) is 3.62. The van der Waals surface area contributed by atoms with Gasteiger partial charge in [0, 0.05) is 17.0 Å². The largest absolute Gasteiger partial charge is 0.350 e. The number of halogens is 2. The predicted octanol–water partition coefficient (Wildman–Crippen LogP) is 3.33. The van der Waals surface area contributed by atoms with E-state index in [9.17, 15) is 9.18 Å². The van der Waals surface area contributed by atoms with Gasteiger partial charge < -0.3 is 5.32 Å². The minimum absolute atomic E-state index is 0.0752. The fourth-order valence-electron chi connectivity index (χ4n) is 2.59. The highest BCUT2D eigenvalue weighted by Crippen LogP contribution is 2.32. The molecule has 1 saturated heterocycles. The number of benzene rings is 1. The SMILES string of the molecule is CC(C)C1(Cc2cc(F)cc(Cl)c2)CCC(=O)N1. The molecule has 98 valence electrons. The number of carbonyl (C=O) groups is 1. The fraction of sp³-hybridized carbons (Fsp3) is 0.500. The highest BCUT2D eigenvalue weighted by atomic mass is 35.5. The Morgan fingerprint density at radius 3 is 2.67 bits per heavy atom. The van der Waals surface area contributed by atoms with Gasteiger partial charge in [0.1, 0.15) is 5.82 Å². The minimum atomic E-state index is -0.333. The number of amides is 1. The van der Waals surface area contributed by atoms with E-state index in [1.54, 1.807) is 6.07 Å². The summed E-state index contributed by atoms with van der Waals surface area (Å²) in [7, 11) is 0. The number of carbonyl (C=O) groups excluding carboxylic acids is 1. The topological polar surface area (TPSA) is 29.1 Å². The summed E-state index contributed by atoms with van der Waals surface area (Å²) in [6.45, 7) is 4.15. The van der Waals surface area contributed by atoms with Gasteiger partial charge >= 0.3 is 0 Å². The van der Waals surface area contributed by atoms with E-state index in [2.05, 4.69) is 19.2 Å². The molecular weight excluding hydrogens is 253 g/mol. The average Bonchev–Trinajstić information content (AvgIpc) is 2.59. The first-order valence-electron chi connectivity index (χ1n) is 6.17. The fourth-order valence-corrected chi connectivity index (χ4v) is 2.83. The Labute approximate surface area is 112 Å². The second-order valence-corrected chi connectivity index (χ2v) is 5.75. The maximum Gasteiger partial charge on any atom is 0.220 e. The maximum absolute atomic E-state index is 13.3. The highest BCUT2D eigenvalue weighted by molar-refractivity contribution is 6.30. The molecule has 4 heteroatoms. The summed E-state index contributed by atoms with van der Waals surface area (Å²) in [4.78, 5) is 11.5. The monoisotopic (exact) mass is 269 g/mol. The van der Waals surface area contributed by atoms with Crippen LogP contribution in [0.4, 0.5) is 4.39 Å². The van der Waals surface area contributed by atoms with Crippen LogP contribution in [0.2, 0.25) is 5.02 Å². The third-order valence-corrected chi connectivity index (χ3v) is 3.95. The summed E-state index contributed by atoms with van der Waals surface area (Å²) in [5, 5.41) is 3.45. The van der Waals surface area contributed by atoms with Crippen molar-refractivity contribution in [2.24, 2.45) is 5.92 Å². The maximum atomic E-state index is 13.3. The van der Waals surface area contributed by atoms with E-state index < -0.39 is 0 Å². The molecule has 1 atom stereocenters. The zero-order valence-electron chi connectivity index (χ0n) is 10.6. The molecule has 0 spiro atoms. The van der Waals surface area contributed by atoms with Crippen LogP contribution < -0.4 is 5.32 Å². The van der Waals surface area contributed by atoms with Crippen molar-refractivity contribution in [3.05, 3.63) is 34.6 Å². The summed E-state index contributed by atoms with van der Waals surface area (Å²) in [6.07, 6.45) is 1.95. The molecule has 0 aromatic heterocycles. The van der Waals surface area contributed by atoms with Crippen molar-refractivity contribution in [3.8, 4) is 0 Å². The van der Waals surface area contributed by atoms with Crippen LogP contribution in [0.15, 0.2) is 18.2 Å². The summed E-state index contributed by atoms with van der Waals surface area (Å²) < 4.78 is 13.3. The summed E-state index contributed by atoms with van der Waals surface area (Å²) in [5.41, 5.74) is 0.560. The molecule has 1 amide bonds. The van der Waals surface area contributed by atoms with Crippen LogP contribution in [0.25, 0.3) is 0 Å². The van der Waals surface area contributed by atoms with Crippen LogP contribution in [0.5, 0.6) is 0 Å². The molecule has 0 radical (unpaired) electrons. The van der Waals surface area contributed by atoms with E-state index in [4.69, 9.17) is 11.6 Å². The van der Waals surface area contributed by atoms with Crippen molar-refractivity contribution in [2.45, 2.75) is 38.6 Å². The van der Waals surface area contributed by atoms with Gasteiger partial charge in [0.2, 0.25) is 5.91 Å². The van der Waals surface area contributed by atoms with Crippen molar-refractivity contribution in [1.29, 1.82) is 0 Å². The van der Waals surface area contributed by atoms with Crippen LogP contribution in [0.3, 0.4) is 0 Å². The van der Waals surface area contributed by atoms with Crippen molar-refractivity contribution in [3.63, 3.8) is 0 Å². The first kappa shape index (κ1) is 13.3. The molecule has 1 aliphatic rings. The highest BCUT2D eigenvalue weighted by Gasteiger charge is 2.40. The molecule has 1 aliphatic heterocycles. The number of nitrogens with one attached hydrogen (secondary N) is 1. The van der Waals surface area contributed by atoms with E-state index >= 15 is 0 Å². The molecule has 18 heavy (non-hydrogen) atoms. The Morgan fingerprint density at radius 1 is 1.44 bits per heavy atom. The lowest BCUT2D eigenvalue weighted by molar-refractivity contribution is -0.120. The molecule has 1 aromatic carbocycles. The lowest BCUT2D eigenvalue weighted by Crippen LogP contribution is -2.48. The van der Waals surface area contributed by atoms with Crippen LogP contribution in [-0.4, -0.2) is 11.4 Å². The Balaban J connectivity index is 2.27. The molecule has 0 bridgehead atoms. The van der Waals surface area contributed by atoms with Gasteiger partial charge in [0.15, 0.2) is 0 Å². The molecule has 1 unspecified atom stereocenters. The van der Waals surface area contributed by atoms with Gasteiger partial charge in [-0.2, -0.15) is 0 Å². The molecule has 1 N–H and O–H groups in total. The molecule has 2 rings (SSSR count). The molecule has 1 aromatic rings. The Bertz CT molecular complexity index is 455. The predicted molar refractivity (Wildman–Crippen MR) is 70.1 cm³/mol. The molecule has 1 fully saturated rings. The third kappa shape index (κ3) is 2.66. The van der Waals surface area contributed by atoms with Crippen molar-refractivity contribution in [1.82, 2.24) is 5.32 Å². The second-order valence-electron chi connectivity index (χ2n) is 5.31. The second kappa shape index (κ2) is 4.88. The first-order chi connectivity index (χ1) is 8.41. The van der Waals surface area contributed by atoms with E-state index in [0.717, 1.165) is 12.0 Å². The van der Waals surface area contributed by atoms with Crippen LogP contribution in [0, 0.1) is 11.7 Å². The van der Waals surface area contributed by atoms with Crippen LogP contribution in [-0.2, 0) is 11.2 Å². The lowest BCUT2D eigenvalue weighted by Gasteiger charge is -2.33. The third-order valence-electron chi connectivity index (χ3n) is 3.73. The average molecular weight is 270 g/mol. The number of hydrogen-bond donors (Lipinski definition) is 1. The summed E-state index contributed by atoms with van der Waals surface area (Å²) >= 11 is 5.86. The van der Waals surface area contributed by atoms with Gasteiger partial charge in [-0.1, -0.05) is 25.4 Å². The van der Waals surface area contributed by atoms with Gasteiger partial charge in [-0.15, -0.1) is 0 Å². The van der Waals surface area contributed by atoms with Crippen molar-refractivity contribution >= 4 is 17.5 Å². The number of rotatable bonds is 3. The normalized spacial score (nSPS) is 23.5. The van der Waals surface area contributed by atoms with Gasteiger partial charge in [0.05, 0.1) is 0 Å². The van der Waals surface area contributed by atoms with E-state index in [-0.39, 0.29) is 17.3 Å². The quantitative estimate of drug-likeness (QED) is 0.896. The molecular formula is C14H17ClFNO. The van der Waals surface area contributed by atoms with E-state index in [0.29, 0.717) is 23.8 Å². The lowest BCUT2D eigenvalue weighted by atomic mass is 9.80. The Hall–Kier alpha value is -1.09. The summed E-state index contributed by atoms with van der Waals surface area (Å²) in [5.74, 6) is 0.0397.